The molecule has 154 valence electrons. The van der Waals surface area contributed by atoms with Crippen molar-refractivity contribution in [1.29, 1.82) is 0 Å². The molecule has 6 nitrogen and oxygen atoms in total. The highest BCUT2D eigenvalue weighted by molar-refractivity contribution is 7.99. The number of hydrogen-bond donors (Lipinski definition) is 1. The number of benzene rings is 1. The SMILES string of the molecule is CCCCSc1nc2n(n1)C(c1cccc(OC)c1)C1=C(CC(C)(C)CC1=O)N2. The van der Waals surface area contributed by atoms with Crippen molar-refractivity contribution in [3.8, 4) is 5.75 Å². The molecule has 1 N–H and O–H groups in total. The Bertz CT molecular complexity index is 963. The molecule has 0 amide bonds. The summed E-state index contributed by atoms with van der Waals surface area (Å²) in [4.78, 5) is 17.9. The number of methoxy groups -OCH3 is 1. The Kier molecular flexibility index (Phi) is 5.42. The number of Topliss-reactive ketones (excluding diaryl/α,β-unsaturated/α-hetero) is 1. The number of ether oxygens (including phenoxy) is 1. The zero-order chi connectivity index (χ0) is 20.6. The van der Waals surface area contributed by atoms with Crippen LogP contribution in [0.2, 0.25) is 0 Å². The number of anilines is 1. The van der Waals surface area contributed by atoms with Crippen molar-refractivity contribution in [2.45, 2.75) is 57.7 Å². The Balaban J connectivity index is 1.80. The normalized spacial score (nSPS) is 20.1. The molecule has 2 aromatic rings. The van der Waals surface area contributed by atoms with Gasteiger partial charge in [0.25, 0.3) is 0 Å². The van der Waals surface area contributed by atoms with Gasteiger partial charge in [-0.3, -0.25) is 4.79 Å². The molecule has 2 aliphatic rings. The standard InChI is InChI=1S/C22H28N4O2S/c1-5-6-10-29-21-24-20-23-16-12-22(2,3)13-17(27)18(16)19(26(20)25-21)14-8-7-9-15(11-14)28-4/h7-9,11,19H,5-6,10,12-13H2,1-4H3,(H,23,24,25). The Hall–Kier alpha value is -2.28. The van der Waals surface area contributed by atoms with Gasteiger partial charge in [-0.15, -0.1) is 5.10 Å². The van der Waals surface area contributed by atoms with Crippen LogP contribution in [0.3, 0.4) is 0 Å². The Labute approximate surface area is 176 Å². The van der Waals surface area contributed by atoms with Crippen LogP contribution >= 0.6 is 11.8 Å². The topological polar surface area (TPSA) is 69.0 Å². The molecule has 2 heterocycles. The van der Waals surface area contributed by atoms with Crippen molar-refractivity contribution in [2.24, 2.45) is 5.41 Å². The molecule has 0 spiro atoms. The van der Waals surface area contributed by atoms with Crippen molar-refractivity contribution in [3.63, 3.8) is 0 Å². The molecular weight excluding hydrogens is 384 g/mol. The van der Waals surface area contributed by atoms with Crippen LogP contribution in [-0.4, -0.2) is 33.4 Å². The number of hydrogen-bond acceptors (Lipinski definition) is 6. The highest BCUT2D eigenvalue weighted by atomic mass is 32.2. The van der Waals surface area contributed by atoms with Gasteiger partial charge in [-0.05, 0) is 36.0 Å². The minimum Gasteiger partial charge on any atom is -0.497 e. The van der Waals surface area contributed by atoms with Crippen molar-refractivity contribution in [2.75, 3.05) is 18.2 Å². The quantitative estimate of drug-likeness (QED) is 0.541. The monoisotopic (exact) mass is 412 g/mol. The number of unbranched alkanes of at least 4 members (excludes halogenated alkanes) is 1. The van der Waals surface area contributed by atoms with Crippen LogP contribution in [0.1, 0.15) is 58.1 Å². The van der Waals surface area contributed by atoms with Crippen molar-refractivity contribution in [3.05, 3.63) is 41.1 Å². The smallest absolute Gasteiger partial charge is 0.227 e. The maximum Gasteiger partial charge on any atom is 0.227 e. The average Bonchev–Trinajstić information content (AvgIpc) is 3.08. The number of aromatic nitrogens is 3. The molecule has 4 rings (SSSR count). The molecule has 0 bridgehead atoms. The fourth-order valence-electron chi connectivity index (χ4n) is 4.08. The summed E-state index contributed by atoms with van der Waals surface area (Å²) in [5.41, 5.74) is 2.70. The average molecular weight is 413 g/mol. The molecule has 1 unspecified atom stereocenters. The summed E-state index contributed by atoms with van der Waals surface area (Å²) in [5, 5.41) is 8.95. The molecule has 1 aromatic carbocycles. The van der Waals surface area contributed by atoms with Gasteiger partial charge in [0, 0.05) is 23.4 Å². The molecule has 7 heteroatoms. The van der Waals surface area contributed by atoms with Crippen molar-refractivity contribution >= 4 is 23.5 Å². The van der Waals surface area contributed by atoms with Gasteiger partial charge >= 0.3 is 0 Å². The van der Waals surface area contributed by atoms with Crippen LogP contribution in [-0.2, 0) is 4.79 Å². The molecule has 0 saturated carbocycles. The van der Waals surface area contributed by atoms with E-state index < -0.39 is 0 Å². The van der Waals surface area contributed by atoms with E-state index in [9.17, 15) is 4.79 Å². The van der Waals surface area contributed by atoms with E-state index in [1.165, 1.54) is 0 Å². The minimum atomic E-state index is -0.284. The van der Waals surface area contributed by atoms with E-state index in [2.05, 4.69) is 26.1 Å². The van der Waals surface area contributed by atoms with E-state index >= 15 is 0 Å². The second-order valence-corrected chi connectivity index (χ2v) is 9.56. The van der Waals surface area contributed by atoms with Crippen LogP contribution < -0.4 is 10.1 Å². The molecule has 29 heavy (non-hydrogen) atoms. The van der Waals surface area contributed by atoms with E-state index in [1.807, 2.05) is 28.9 Å². The van der Waals surface area contributed by atoms with E-state index in [0.29, 0.717) is 12.4 Å². The van der Waals surface area contributed by atoms with E-state index in [1.54, 1.807) is 18.9 Å². The summed E-state index contributed by atoms with van der Waals surface area (Å²) >= 11 is 1.67. The first kappa shape index (κ1) is 20.0. The summed E-state index contributed by atoms with van der Waals surface area (Å²) in [6, 6.07) is 7.61. The number of carbonyl (C=O) groups excluding carboxylic acids is 1. The molecule has 1 atom stereocenters. The molecule has 0 saturated heterocycles. The Morgan fingerprint density at radius 3 is 2.93 bits per heavy atom. The summed E-state index contributed by atoms with van der Waals surface area (Å²) in [5.74, 6) is 2.65. The lowest BCUT2D eigenvalue weighted by Gasteiger charge is -2.38. The molecule has 1 aromatic heterocycles. The Morgan fingerprint density at radius 2 is 2.17 bits per heavy atom. The van der Waals surface area contributed by atoms with Gasteiger partial charge in [0.1, 0.15) is 11.8 Å². The summed E-state index contributed by atoms with van der Waals surface area (Å²) in [6.45, 7) is 6.46. The third-order valence-corrected chi connectivity index (χ3v) is 6.38. The second kappa shape index (κ2) is 7.86. The number of allylic oxidation sites excluding steroid dienone is 2. The lowest BCUT2D eigenvalue weighted by molar-refractivity contribution is -0.118. The predicted octanol–water partition coefficient (Wildman–Crippen LogP) is 4.84. The first-order valence-corrected chi connectivity index (χ1v) is 11.2. The summed E-state index contributed by atoms with van der Waals surface area (Å²) in [7, 11) is 1.66. The van der Waals surface area contributed by atoms with Crippen LogP contribution in [0.5, 0.6) is 5.75 Å². The lowest BCUT2D eigenvalue weighted by Crippen LogP contribution is -2.36. The first-order chi connectivity index (χ1) is 13.9. The zero-order valence-corrected chi connectivity index (χ0v) is 18.3. The number of fused-ring (bicyclic) bond motifs is 1. The van der Waals surface area contributed by atoms with Crippen LogP contribution in [0.25, 0.3) is 0 Å². The number of nitrogens with zero attached hydrogens (tertiary/aromatic N) is 3. The van der Waals surface area contributed by atoms with E-state index in [0.717, 1.165) is 52.8 Å². The van der Waals surface area contributed by atoms with Gasteiger partial charge in [-0.2, -0.15) is 4.98 Å². The number of nitrogens with one attached hydrogen (secondary N) is 1. The lowest BCUT2D eigenvalue weighted by atomic mass is 9.73. The third-order valence-electron chi connectivity index (χ3n) is 5.45. The van der Waals surface area contributed by atoms with Crippen LogP contribution in [0.15, 0.2) is 40.7 Å². The molecule has 0 radical (unpaired) electrons. The van der Waals surface area contributed by atoms with Crippen LogP contribution in [0.4, 0.5) is 5.95 Å². The van der Waals surface area contributed by atoms with Gasteiger partial charge < -0.3 is 10.1 Å². The second-order valence-electron chi connectivity index (χ2n) is 8.50. The number of rotatable bonds is 6. The fourth-order valence-corrected chi connectivity index (χ4v) is 4.99. The van der Waals surface area contributed by atoms with Gasteiger partial charge in [0.2, 0.25) is 11.1 Å². The Morgan fingerprint density at radius 1 is 1.34 bits per heavy atom. The summed E-state index contributed by atoms with van der Waals surface area (Å²) in [6.07, 6.45) is 3.63. The fraction of sp³-hybridized carbons (Fsp3) is 0.500. The van der Waals surface area contributed by atoms with E-state index in [-0.39, 0.29) is 17.2 Å². The minimum absolute atomic E-state index is 0.0667. The van der Waals surface area contributed by atoms with Gasteiger partial charge in [0.05, 0.1) is 7.11 Å². The maximum absolute atomic E-state index is 13.2. The van der Waals surface area contributed by atoms with Crippen molar-refractivity contribution in [1.82, 2.24) is 14.8 Å². The molecule has 0 fully saturated rings. The number of thioether (sulfide) groups is 1. The number of carbonyl (C=O) groups is 1. The molecule has 1 aliphatic carbocycles. The summed E-state index contributed by atoms with van der Waals surface area (Å²) < 4.78 is 7.31. The van der Waals surface area contributed by atoms with Gasteiger partial charge in [-0.25, -0.2) is 4.68 Å². The van der Waals surface area contributed by atoms with Gasteiger partial charge in [0.15, 0.2) is 5.78 Å². The number of ketones is 1. The third kappa shape index (κ3) is 3.92. The molecular formula is C22H28N4O2S. The van der Waals surface area contributed by atoms with Gasteiger partial charge in [-0.1, -0.05) is 51.1 Å². The first-order valence-electron chi connectivity index (χ1n) is 10.2. The zero-order valence-electron chi connectivity index (χ0n) is 17.5. The van der Waals surface area contributed by atoms with Crippen LogP contribution in [0, 0.1) is 5.41 Å². The van der Waals surface area contributed by atoms with E-state index in [4.69, 9.17) is 14.8 Å². The van der Waals surface area contributed by atoms with Crippen molar-refractivity contribution < 1.29 is 9.53 Å². The predicted molar refractivity (Wildman–Crippen MR) is 115 cm³/mol. The highest BCUT2D eigenvalue weighted by Crippen LogP contribution is 2.46. The highest BCUT2D eigenvalue weighted by Gasteiger charge is 2.41. The maximum atomic E-state index is 13.2. The molecule has 1 aliphatic heterocycles. The largest absolute Gasteiger partial charge is 0.497 e.